The van der Waals surface area contributed by atoms with E-state index in [2.05, 4.69) is 28.1 Å². The van der Waals surface area contributed by atoms with Crippen LogP contribution in [0.25, 0.3) is 0 Å². The van der Waals surface area contributed by atoms with E-state index >= 15 is 0 Å². The van der Waals surface area contributed by atoms with Crippen molar-refractivity contribution in [3.05, 3.63) is 94.6 Å². The van der Waals surface area contributed by atoms with Crippen LogP contribution in [0.5, 0.6) is 11.5 Å². The number of carbonyl (C=O) groups is 2. The zero-order valence-corrected chi connectivity index (χ0v) is 21.4. The summed E-state index contributed by atoms with van der Waals surface area (Å²) in [5.74, 6) is -1.93. The maximum Gasteiger partial charge on any atom is 0.316 e. The number of hydrogen-bond donors (Lipinski definition) is 3. The van der Waals surface area contributed by atoms with Crippen LogP contribution in [0.1, 0.15) is 46.9 Å². The van der Waals surface area contributed by atoms with Crippen molar-refractivity contribution in [2.75, 3.05) is 20.3 Å². The van der Waals surface area contributed by atoms with Gasteiger partial charge in [0.25, 0.3) is 0 Å². The summed E-state index contributed by atoms with van der Waals surface area (Å²) in [4.78, 5) is 25.6. The van der Waals surface area contributed by atoms with E-state index in [1.807, 2.05) is 36.4 Å². The smallest absolute Gasteiger partial charge is 0.316 e. The van der Waals surface area contributed by atoms with Gasteiger partial charge in [-0.05, 0) is 48.1 Å². The maximum absolute atomic E-state index is 14.7. The molecule has 0 bridgehead atoms. The van der Waals surface area contributed by atoms with Gasteiger partial charge in [-0.3, -0.25) is 4.79 Å². The van der Waals surface area contributed by atoms with Crippen molar-refractivity contribution in [2.24, 2.45) is 0 Å². The van der Waals surface area contributed by atoms with Gasteiger partial charge in [-0.1, -0.05) is 36.4 Å². The molecule has 0 radical (unpaired) electrons. The molecule has 3 amide bonds. The Morgan fingerprint density at radius 1 is 1.05 bits per heavy atom. The number of methoxy groups -OCH3 is 1. The number of ether oxygens (including phenoxy) is 2. The molecule has 2 fully saturated rings. The van der Waals surface area contributed by atoms with Gasteiger partial charge in [0, 0.05) is 36.1 Å². The monoisotopic (exact) mass is 533 g/mol. The standard InChI is InChI=1S/C30H29F2N3O4/c1-38-21-13-24(31)26(25(32)14-21)23-15-33-28(36)27(23)34-29(37)35-30(9-10-30)19-6-4-7-20(12-19)39-16-18-11-17-5-2-3-8-22(17)18/h2-8,12-14,18,23,27H,9-11,15-16H2,1H3,(H,33,36)(H2,34,35,37)/t18?,23-,27-/m0/s1. The van der Waals surface area contributed by atoms with Crippen molar-refractivity contribution < 1.29 is 27.8 Å². The van der Waals surface area contributed by atoms with E-state index in [4.69, 9.17) is 9.47 Å². The lowest BCUT2D eigenvalue weighted by Crippen LogP contribution is -2.50. The van der Waals surface area contributed by atoms with Crippen molar-refractivity contribution in [1.82, 2.24) is 16.0 Å². The van der Waals surface area contributed by atoms with Gasteiger partial charge in [0.1, 0.15) is 29.2 Å². The molecule has 1 unspecified atom stereocenters. The summed E-state index contributed by atoms with van der Waals surface area (Å²) in [5, 5.41) is 8.23. The van der Waals surface area contributed by atoms with Gasteiger partial charge >= 0.3 is 6.03 Å². The molecule has 39 heavy (non-hydrogen) atoms. The molecule has 7 nitrogen and oxygen atoms in total. The summed E-state index contributed by atoms with van der Waals surface area (Å²) in [6.07, 6.45) is 2.45. The van der Waals surface area contributed by atoms with E-state index in [9.17, 15) is 18.4 Å². The van der Waals surface area contributed by atoms with E-state index < -0.39 is 41.1 Å². The second-order valence-electron chi connectivity index (χ2n) is 10.5. The van der Waals surface area contributed by atoms with Crippen molar-refractivity contribution in [3.63, 3.8) is 0 Å². The average molecular weight is 534 g/mol. The Balaban J connectivity index is 1.11. The molecule has 3 atom stereocenters. The zero-order chi connectivity index (χ0) is 27.1. The lowest BCUT2D eigenvalue weighted by atomic mass is 9.78. The Hall–Kier alpha value is -4.14. The minimum Gasteiger partial charge on any atom is -0.497 e. The summed E-state index contributed by atoms with van der Waals surface area (Å²) in [6, 6.07) is 16.5. The number of rotatable bonds is 8. The number of urea groups is 1. The molecule has 3 aromatic rings. The lowest BCUT2D eigenvalue weighted by molar-refractivity contribution is -0.120. The molecule has 3 aliphatic rings. The van der Waals surface area contributed by atoms with Crippen molar-refractivity contribution in [1.29, 1.82) is 0 Å². The largest absolute Gasteiger partial charge is 0.497 e. The molecule has 0 spiro atoms. The molecule has 202 valence electrons. The fraction of sp³-hybridized carbons (Fsp3) is 0.333. The van der Waals surface area contributed by atoms with Crippen LogP contribution in [0, 0.1) is 11.6 Å². The number of amides is 3. The molecule has 1 heterocycles. The van der Waals surface area contributed by atoms with Gasteiger partial charge < -0.3 is 25.4 Å². The molecule has 6 rings (SSSR count). The quantitative estimate of drug-likeness (QED) is 0.404. The molecular weight excluding hydrogens is 504 g/mol. The molecule has 9 heteroatoms. The third kappa shape index (κ3) is 4.77. The second-order valence-corrected chi connectivity index (χ2v) is 10.5. The molecule has 1 saturated heterocycles. The highest BCUT2D eigenvalue weighted by Crippen LogP contribution is 2.46. The highest BCUT2D eigenvalue weighted by Gasteiger charge is 2.47. The summed E-state index contributed by atoms with van der Waals surface area (Å²) >= 11 is 0. The summed E-state index contributed by atoms with van der Waals surface area (Å²) < 4.78 is 40.5. The highest BCUT2D eigenvalue weighted by molar-refractivity contribution is 5.90. The minimum absolute atomic E-state index is 0.0000550. The Morgan fingerprint density at radius 2 is 1.82 bits per heavy atom. The van der Waals surface area contributed by atoms with Gasteiger partial charge in [-0.15, -0.1) is 0 Å². The number of fused-ring (bicyclic) bond motifs is 1. The average Bonchev–Trinajstić information content (AvgIpc) is 3.61. The van der Waals surface area contributed by atoms with Gasteiger partial charge in [0.05, 0.1) is 19.3 Å². The number of hydrogen-bond acceptors (Lipinski definition) is 4. The Kier molecular flexibility index (Phi) is 6.37. The van der Waals surface area contributed by atoms with Crippen LogP contribution >= 0.6 is 0 Å². The van der Waals surface area contributed by atoms with Crippen LogP contribution in [0.15, 0.2) is 60.7 Å². The lowest BCUT2D eigenvalue weighted by Gasteiger charge is -2.30. The molecular formula is C30H29F2N3O4. The van der Waals surface area contributed by atoms with E-state index in [1.165, 1.54) is 18.2 Å². The Bertz CT molecular complexity index is 1420. The van der Waals surface area contributed by atoms with Crippen molar-refractivity contribution >= 4 is 11.9 Å². The van der Waals surface area contributed by atoms with E-state index in [1.54, 1.807) is 0 Å². The topological polar surface area (TPSA) is 88.7 Å². The fourth-order valence-electron chi connectivity index (χ4n) is 5.69. The molecule has 3 aromatic carbocycles. The SMILES string of the molecule is COc1cc(F)c([C@@H]2CNC(=O)[C@H]2NC(=O)NC2(c3cccc(OCC4Cc5ccccc54)c3)CC2)c(F)c1. The van der Waals surface area contributed by atoms with Crippen LogP contribution in [-0.4, -0.2) is 38.2 Å². The van der Waals surface area contributed by atoms with Crippen LogP contribution < -0.4 is 25.4 Å². The zero-order valence-electron chi connectivity index (χ0n) is 21.4. The normalized spacial score (nSPS) is 22.2. The first-order valence-corrected chi connectivity index (χ1v) is 13.1. The molecule has 1 saturated carbocycles. The van der Waals surface area contributed by atoms with Gasteiger partial charge in [-0.25, -0.2) is 13.6 Å². The molecule has 2 aliphatic carbocycles. The number of halogens is 2. The maximum atomic E-state index is 14.7. The summed E-state index contributed by atoms with van der Waals surface area (Å²) in [5.41, 5.74) is 2.74. The molecule has 3 N–H and O–H groups in total. The number of benzene rings is 3. The minimum atomic E-state index is -1.13. The third-order valence-corrected chi connectivity index (χ3v) is 8.03. The van der Waals surface area contributed by atoms with E-state index in [0.717, 1.165) is 42.7 Å². The summed E-state index contributed by atoms with van der Waals surface area (Å²) in [7, 11) is 1.31. The van der Waals surface area contributed by atoms with E-state index in [-0.39, 0.29) is 17.9 Å². The first-order valence-electron chi connectivity index (χ1n) is 13.1. The van der Waals surface area contributed by atoms with Crippen molar-refractivity contribution in [2.45, 2.75) is 42.7 Å². The van der Waals surface area contributed by atoms with Gasteiger partial charge in [0.2, 0.25) is 5.91 Å². The Morgan fingerprint density at radius 3 is 2.54 bits per heavy atom. The fourth-order valence-corrected chi connectivity index (χ4v) is 5.69. The third-order valence-electron chi connectivity index (χ3n) is 8.03. The predicted molar refractivity (Wildman–Crippen MR) is 140 cm³/mol. The number of carbonyl (C=O) groups excluding carboxylic acids is 2. The van der Waals surface area contributed by atoms with Crippen LogP contribution in [0.4, 0.5) is 13.6 Å². The van der Waals surface area contributed by atoms with E-state index in [0.29, 0.717) is 12.5 Å². The molecule has 1 aliphatic heterocycles. The van der Waals surface area contributed by atoms with Gasteiger partial charge in [0.15, 0.2) is 0 Å². The molecule has 0 aromatic heterocycles. The first-order chi connectivity index (χ1) is 18.9. The number of nitrogens with one attached hydrogen (secondary N) is 3. The predicted octanol–water partition coefficient (Wildman–Crippen LogP) is 4.26. The van der Waals surface area contributed by atoms with Crippen LogP contribution in [0.2, 0.25) is 0 Å². The first kappa shape index (κ1) is 25.2. The van der Waals surface area contributed by atoms with Crippen molar-refractivity contribution in [3.8, 4) is 11.5 Å². The second kappa shape index (κ2) is 9.87. The van der Waals surface area contributed by atoms with Gasteiger partial charge in [-0.2, -0.15) is 0 Å². The van der Waals surface area contributed by atoms with Crippen LogP contribution in [-0.2, 0) is 16.8 Å². The summed E-state index contributed by atoms with van der Waals surface area (Å²) in [6.45, 7) is 0.581. The highest BCUT2D eigenvalue weighted by atomic mass is 19.1. The van der Waals surface area contributed by atoms with Crippen LogP contribution in [0.3, 0.4) is 0 Å². The Labute approximate surface area is 224 Å².